The van der Waals surface area contributed by atoms with Gasteiger partial charge in [0, 0.05) is 32.2 Å². The second-order valence-corrected chi connectivity index (χ2v) is 7.46. The predicted molar refractivity (Wildman–Crippen MR) is 92.4 cm³/mol. The van der Waals surface area contributed by atoms with Gasteiger partial charge in [-0.1, -0.05) is 19.8 Å². The van der Waals surface area contributed by atoms with Crippen LogP contribution in [-0.2, 0) is 4.79 Å². The highest BCUT2D eigenvalue weighted by atomic mass is 35.5. The summed E-state index contributed by atoms with van der Waals surface area (Å²) in [5.41, 5.74) is 0. The maximum Gasteiger partial charge on any atom is 0.236 e. The first-order valence-corrected chi connectivity index (χ1v) is 8.95. The lowest BCUT2D eigenvalue weighted by atomic mass is 9.82. The molecule has 2 heterocycles. The highest BCUT2D eigenvalue weighted by Crippen LogP contribution is 2.30. The van der Waals surface area contributed by atoms with Crippen molar-refractivity contribution in [1.29, 1.82) is 0 Å². The number of amides is 1. The van der Waals surface area contributed by atoms with Gasteiger partial charge in [-0.05, 0) is 44.1 Å². The number of carbonyl (C=O) groups excluding carboxylic acids is 1. The van der Waals surface area contributed by atoms with Crippen LogP contribution in [0.15, 0.2) is 0 Å². The van der Waals surface area contributed by atoms with E-state index in [4.69, 9.17) is 0 Å². The van der Waals surface area contributed by atoms with Crippen molar-refractivity contribution in [3.05, 3.63) is 0 Å². The molecule has 0 radical (unpaired) electrons. The SMILES string of the molecule is CC1CCCC(CN2CCCC(N3CCNCC3=O)C2)C1.Cl. The van der Waals surface area contributed by atoms with Gasteiger partial charge in [0.15, 0.2) is 0 Å². The van der Waals surface area contributed by atoms with Crippen LogP contribution < -0.4 is 5.32 Å². The van der Waals surface area contributed by atoms with Gasteiger partial charge in [-0.15, -0.1) is 12.4 Å². The summed E-state index contributed by atoms with van der Waals surface area (Å²) in [6.45, 7) is 8.42. The Morgan fingerprint density at radius 2 is 2.05 bits per heavy atom. The van der Waals surface area contributed by atoms with Crippen molar-refractivity contribution in [2.45, 2.75) is 51.5 Å². The molecule has 0 aromatic carbocycles. The molecule has 0 aromatic rings. The number of piperazine rings is 1. The summed E-state index contributed by atoms with van der Waals surface area (Å²) in [6.07, 6.45) is 8.12. The Kier molecular flexibility index (Phi) is 6.97. The molecule has 3 rings (SSSR count). The summed E-state index contributed by atoms with van der Waals surface area (Å²) in [4.78, 5) is 16.9. The molecular formula is C17H32ClN3O. The van der Waals surface area contributed by atoms with Crippen LogP contribution in [-0.4, -0.2) is 61.0 Å². The van der Waals surface area contributed by atoms with Gasteiger partial charge in [0.1, 0.15) is 0 Å². The second-order valence-electron chi connectivity index (χ2n) is 7.46. The molecule has 1 aliphatic carbocycles. The molecule has 128 valence electrons. The molecule has 0 aromatic heterocycles. The molecule has 0 spiro atoms. The number of hydrogen-bond donors (Lipinski definition) is 1. The minimum atomic E-state index is 0. The van der Waals surface area contributed by atoms with Crippen LogP contribution in [0.5, 0.6) is 0 Å². The van der Waals surface area contributed by atoms with Crippen LogP contribution in [0.25, 0.3) is 0 Å². The first-order valence-electron chi connectivity index (χ1n) is 8.95. The van der Waals surface area contributed by atoms with E-state index >= 15 is 0 Å². The quantitative estimate of drug-likeness (QED) is 0.861. The van der Waals surface area contributed by atoms with E-state index in [1.54, 1.807) is 0 Å². The maximum absolute atomic E-state index is 12.1. The van der Waals surface area contributed by atoms with Gasteiger partial charge in [-0.3, -0.25) is 4.79 Å². The zero-order valence-corrected chi connectivity index (χ0v) is 14.7. The van der Waals surface area contributed by atoms with E-state index in [9.17, 15) is 4.79 Å². The van der Waals surface area contributed by atoms with Crippen LogP contribution in [0.3, 0.4) is 0 Å². The number of piperidine rings is 1. The van der Waals surface area contributed by atoms with Crippen LogP contribution in [0.1, 0.15) is 45.4 Å². The smallest absolute Gasteiger partial charge is 0.236 e. The topological polar surface area (TPSA) is 35.6 Å². The lowest BCUT2D eigenvalue weighted by Gasteiger charge is -2.42. The van der Waals surface area contributed by atoms with E-state index in [2.05, 4.69) is 22.0 Å². The molecule has 4 nitrogen and oxygen atoms in total. The first-order chi connectivity index (χ1) is 10.2. The van der Waals surface area contributed by atoms with Crippen LogP contribution in [0.2, 0.25) is 0 Å². The molecule has 3 atom stereocenters. The van der Waals surface area contributed by atoms with Gasteiger partial charge in [-0.25, -0.2) is 0 Å². The van der Waals surface area contributed by atoms with Gasteiger partial charge in [0.05, 0.1) is 6.54 Å². The number of nitrogens with one attached hydrogen (secondary N) is 1. The summed E-state index contributed by atoms with van der Waals surface area (Å²) in [5, 5.41) is 3.18. The first kappa shape index (κ1) is 18.0. The van der Waals surface area contributed by atoms with Crippen LogP contribution in [0.4, 0.5) is 0 Å². The van der Waals surface area contributed by atoms with Crippen LogP contribution >= 0.6 is 12.4 Å². The van der Waals surface area contributed by atoms with E-state index in [1.807, 2.05) is 0 Å². The van der Waals surface area contributed by atoms with Gasteiger partial charge >= 0.3 is 0 Å². The monoisotopic (exact) mass is 329 g/mol. The number of rotatable bonds is 3. The minimum Gasteiger partial charge on any atom is -0.336 e. The third kappa shape index (κ3) is 4.59. The lowest BCUT2D eigenvalue weighted by molar-refractivity contribution is -0.135. The lowest BCUT2D eigenvalue weighted by Crippen LogP contribution is -2.57. The van der Waals surface area contributed by atoms with Crippen molar-refractivity contribution in [3.63, 3.8) is 0 Å². The Bertz CT molecular complexity index is 366. The fourth-order valence-corrected chi connectivity index (χ4v) is 4.55. The Morgan fingerprint density at radius 3 is 2.82 bits per heavy atom. The molecular weight excluding hydrogens is 298 g/mol. The van der Waals surface area contributed by atoms with Gasteiger partial charge in [0.2, 0.25) is 5.91 Å². The molecule has 1 saturated carbocycles. The molecule has 2 aliphatic heterocycles. The standard InChI is InChI=1S/C17H31N3O.ClH/c1-14-4-2-5-15(10-14)12-19-8-3-6-16(13-19)20-9-7-18-11-17(20)21;/h14-16,18H,2-13H2,1H3;1H. The van der Waals surface area contributed by atoms with Crippen molar-refractivity contribution >= 4 is 18.3 Å². The Morgan fingerprint density at radius 1 is 1.18 bits per heavy atom. The number of halogens is 1. The number of likely N-dealkylation sites (tertiary alicyclic amines) is 1. The average Bonchev–Trinajstić information content (AvgIpc) is 2.48. The Hall–Kier alpha value is -0.320. The zero-order valence-electron chi connectivity index (χ0n) is 13.9. The summed E-state index contributed by atoms with van der Waals surface area (Å²) >= 11 is 0. The molecule has 3 aliphatic rings. The summed E-state index contributed by atoms with van der Waals surface area (Å²) in [7, 11) is 0. The van der Waals surface area contributed by atoms with E-state index in [0.717, 1.165) is 31.5 Å². The summed E-state index contributed by atoms with van der Waals surface area (Å²) in [6, 6.07) is 0.467. The van der Waals surface area contributed by atoms with Crippen molar-refractivity contribution in [3.8, 4) is 0 Å². The van der Waals surface area contributed by atoms with Crippen molar-refractivity contribution < 1.29 is 4.79 Å². The van der Waals surface area contributed by atoms with E-state index in [-0.39, 0.29) is 12.4 Å². The fraction of sp³-hybridized carbons (Fsp3) is 0.941. The molecule has 1 amide bonds. The number of hydrogen-bond acceptors (Lipinski definition) is 3. The molecule has 3 fully saturated rings. The number of nitrogens with zero attached hydrogens (tertiary/aromatic N) is 2. The third-order valence-electron chi connectivity index (χ3n) is 5.61. The molecule has 5 heteroatoms. The van der Waals surface area contributed by atoms with Gasteiger partial charge in [0.25, 0.3) is 0 Å². The molecule has 3 unspecified atom stereocenters. The second kappa shape index (κ2) is 8.51. The summed E-state index contributed by atoms with van der Waals surface area (Å²) < 4.78 is 0. The highest BCUT2D eigenvalue weighted by molar-refractivity contribution is 5.85. The maximum atomic E-state index is 12.1. The molecule has 2 saturated heterocycles. The average molecular weight is 330 g/mol. The van der Waals surface area contributed by atoms with E-state index < -0.39 is 0 Å². The van der Waals surface area contributed by atoms with Crippen molar-refractivity contribution in [1.82, 2.24) is 15.1 Å². The van der Waals surface area contributed by atoms with Crippen LogP contribution in [0, 0.1) is 11.8 Å². The summed E-state index contributed by atoms with van der Waals surface area (Å²) in [5.74, 6) is 2.12. The minimum absolute atomic E-state index is 0. The Labute approximate surface area is 141 Å². The van der Waals surface area contributed by atoms with Crippen molar-refractivity contribution in [2.24, 2.45) is 11.8 Å². The largest absolute Gasteiger partial charge is 0.336 e. The van der Waals surface area contributed by atoms with Gasteiger partial charge < -0.3 is 15.1 Å². The predicted octanol–water partition coefficient (Wildman–Crippen LogP) is 2.13. The van der Waals surface area contributed by atoms with Crippen molar-refractivity contribution in [2.75, 3.05) is 39.3 Å². The molecule has 22 heavy (non-hydrogen) atoms. The van der Waals surface area contributed by atoms with E-state index in [1.165, 1.54) is 51.6 Å². The number of carbonyl (C=O) groups is 1. The molecule has 0 bridgehead atoms. The normalized spacial score (nSPS) is 34.3. The zero-order chi connectivity index (χ0) is 14.7. The Balaban J connectivity index is 0.00000176. The highest BCUT2D eigenvalue weighted by Gasteiger charge is 2.31. The third-order valence-corrected chi connectivity index (χ3v) is 5.61. The van der Waals surface area contributed by atoms with Gasteiger partial charge in [-0.2, -0.15) is 0 Å². The van der Waals surface area contributed by atoms with E-state index in [0.29, 0.717) is 18.5 Å². The molecule has 1 N–H and O–H groups in total. The fourth-order valence-electron chi connectivity index (χ4n) is 4.55.